The van der Waals surface area contributed by atoms with E-state index in [-0.39, 0.29) is 35.1 Å². The van der Waals surface area contributed by atoms with Gasteiger partial charge in [0.25, 0.3) is 0 Å². The summed E-state index contributed by atoms with van der Waals surface area (Å²) in [7, 11) is 0. The average molecular weight is 667 g/mol. The zero-order chi connectivity index (χ0) is 32.7. The van der Waals surface area contributed by atoms with Crippen molar-refractivity contribution in [2.75, 3.05) is 11.5 Å². The minimum atomic E-state index is -1.07. The maximum atomic E-state index is 13.4. The molecule has 9 nitrogen and oxygen atoms in total. The van der Waals surface area contributed by atoms with E-state index in [1.165, 1.54) is 54.1 Å². The van der Waals surface area contributed by atoms with Gasteiger partial charge in [0, 0.05) is 42.2 Å². The van der Waals surface area contributed by atoms with Crippen LogP contribution in [0.25, 0.3) is 0 Å². The lowest BCUT2D eigenvalue weighted by Gasteiger charge is -2.27. The minimum absolute atomic E-state index is 0.0256. The standard InChI is InChI=1S/C32H50N4O5S3/c1-7-8-9-10-11-15-27(38)42-16-13-12-14-23(17-25(37)21(2)3)41-30(39)28(22(4)5)35-31(40)32(6)20-44-29(36-32)24-19-43-26(18-33)34-24/h12,14,19,21-23,28H,7-11,13,15-18,20,33H2,1-6H3,(H,35,40)/b14-12+/t23-,28+,32+/m1/s1. The number of nitrogens with two attached hydrogens (primary N) is 1. The lowest BCUT2D eigenvalue weighted by molar-refractivity contribution is -0.153. The summed E-state index contributed by atoms with van der Waals surface area (Å²) in [6.45, 7) is 11.5. The van der Waals surface area contributed by atoms with E-state index in [4.69, 9.17) is 10.5 Å². The maximum Gasteiger partial charge on any atom is 0.329 e. The second-order valence-electron chi connectivity index (χ2n) is 11.9. The summed E-state index contributed by atoms with van der Waals surface area (Å²) < 4.78 is 5.81. The van der Waals surface area contributed by atoms with Gasteiger partial charge in [0.2, 0.25) is 5.91 Å². The van der Waals surface area contributed by atoms with Crippen molar-refractivity contribution in [1.82, 2.24) is 10.3 Å². The Morgan fingerprint density at radius 1 is 1.16 bits per heavy atom. The Labute approximate surface area is 275 Å². The number of ether oxygens (including phenoxy) is 1. The fraction of sp³-hybridized carbons (Fsp3) is 0.688. The van der Waals surface area contributed by atoms with Gasteiger partial charge < -0.3 is 15.8 Å². The Hall–Kier alpha value is -2.02. The molecule has 2 rings (SSSR count). The molecule has 0 radical (unpaired) electrons. The number of rotatable bonds is 20. The van der Waals surface area contributed by atoms with E-state index < -0.39 is 23.7 Å². The number of ketones is 1. The molecule has 0 saturated carbocycles. The van der Waals surface area contributed by atoms with Crippen LogP contribution in [0.5, 0.6) is 0 Å². The van der Waals surface area contributed by atoms with Crippen LogP contribution in [0.1, 0.15) is 104 Å². The van der Waals surface area contributed by atoms with Crippen LogP contribution in [0.2, 0.25) is 0 Å². The summed E-state index contributed by atoms with van der Waals surface area (Å²) in [6, 6.07) is -0.915. The van der Waals surface area contributed by atoms with Gasteiger partial charge in [-0.15, -0.1) is 23.1 Å². The Morgan fingerprint density at radius 3 is 2.52 bits per heavy atom. The van der Waals surface area contributed by atoms with Gasteiger partial charge in [0.15, 0.2) is 5.12 Å². The van der Waals surface area contributed by atoms with Crippen molar-refractivity contribution >= 4 is 62.7 Å². The van der Waals surface area contributed by atoms with Crippen molar-refractivity contribution in [1.29, 1.82) is 0 Å². The molecular formula is C32H50N4O5S3. The summed E-state index contributed by atoms with van der Waals surface area (Å²) in [5.41, 5.74) is 5.31. The summed E-state index contributed by atoms with van der Waals surface area (Å²) in [4.78, 5) is 60.7. The van der Waals surface area contributed by atoms with Crippen molar-refractivity contribution in [3.63, 3.8) is 0 Å². The highest BCUT2D eigenvalue weighted by Gasteiger charge is 2.41. The number of aromatic nitrogens is 1. The number of nitrogens with zero attached hydrogens (tertiary/aromatic N) is 2. The molecule has 1 aliphatic heterocycles. The fourth-order valence-corrected chi connectivity index (χ4v) is 6.92. The van der Waals surface area contributed by atoms with Crippen LogP contribution in [0.3, 0.4) is 0 Å². The van der Waals surface area contributed by atoms with E-state index in [1.807, 2.05) is 39.2 Å². The zero-order valence-electron chi connectivity index (χ0n) is 27.1. The topological polar surface area (TPSA) is 141 Å². The van der Waals surface area contributed by atoms with Gasteiger partial charge >= 0.3 is 5.97 Å². The smallest absolute Gasteiger partial charge is 0.329 e. The second-order valence-corrected chi connectivity index (χ2v) is 15.0. The fourth-order valence-electron chi connectivity index (χ4n) is 4.28. The lowest BCUT2D eigenvalue weighted by Crippen LogP contribution is -2.53. The monoisotopic (exact) mass is 666 g/mol. The number of aliphatic imine (C=N–C) groups is 1. The molecule has 1 aliphatic rings. The number of nitrogens with one attached hydrogen (secondary N) is 1. The molecule has 0 spiro atoms. The van der Waals surface area contributed by atoms with Crippen molar-refractivity contribution in [2.45, 2.75) is 117 Å². The first-order chi connectivity index (χ1) is 20.9. The molecule has 44 heavy (non-hydrogen) atoms. The van der Waals surface area contributed by atoms with Gasteiger partial charge in [0.05, 0.1) is 0 Å². The van der Waals surface area contributed by atoms with Gasteiger partial charge in [-0.3, -0.25) is 19.4 Å². The Morgan fingerprint density at radius 2 is 1.89 bits per heavy atom. The third kappa shape index (κ3) is 12.8. The highest BCUT2D eigenvalue weighted by molar-refractivity contribution is 8.14. The van der Waals surface area contributed by atoms with Gasteiger partial charge in [-0.2, -0.15) is 0 Å². The van der Waals surface area contributed by atoms with E-state index >= 15 is 0 Å². The van der Waals surface area contributed by atoms with Gasteiger partial charge in [0.1, 0.15) is 39.2 Å². The molecule has 1 aromatic rings. The molecule has 246 valence electrons. The van der Waals surface area contributed by atoms with Gasteiger partial charge in [-0.1, -0.05) is 78.1 Å². The third-order valence-electron chi connectivity index (χ3n) is 7.18. The number of unbranched alkanes of at least 4 members (excludes halogenated alkanes) is 4. The van der Waals surface area contributed by atoms with E-state index in [0.717, 1.165) is 17.8 Å². The first-order valence-electron chi connectivity index (χ1n) is 15.6. The summed E-state index contributed by atoms with van der Waals surface area (Å²) in [5, 5.41) is 6.41. The molecule has 0 aliphatic carbocycles. The highest BCUT2D eigenvalue weighted by atomic mass is 32.2. The van der Waals surface area contributed by atoms with Crippen LogP contribution in [-0.2, 0) is 30.5 Å². The first-order valence-corrected chi connectivity index (χ1v) is 18.5. The lowest BCUT2D eigenvalue weighted by atomic mass is 10.00. The Balaban J connectivity index is 1.99. The summed E-state index contributed by atoms with van der Waals surface area (Å²) >= 11 is 4.22. The molecule has 12 heteroatoms. The van der Waals surface area contributed by atoms with E-state index in [0.29, 0.717) is 41.6 Å². The average Bonchev–Trinajstić information content (AvgIpc) is 3.62. The number of allylic oxidation sites excluding steroid dienone is 1. The molecule has 0 saturated heterocycles. The van der Waals surface area contributed by atoms with Crippen molar-refractivity contribution in [2.24, 2.45) is 22.6 Å². The Kier molecular flexibility index (Phi) is 16.9. The normalized spacial score (nSPS) is 18.1. The van der Waals surface area contributed by atoms with Crippen LogP contribution in [-0.4, -0.2) is 62.0 Å². The number of Topliss-reactive ketones (excluding diaryl/α,β-unsaturated/α-hetero) is 1. The van der Waals surface area contributed by atoms with E-state index in [1.54, 1.807) is 13.0 Å². The third-order valence-corrected chi connectivity index (χ3v) is 10.3. The quantitative estimate of drug-likeness (QED) is 0.0961. The number of thiazole rings is 1. The van der Waals surface area contributed by atoms with Crippen LogP contribution in [0.15, 0.2) is 22.5 Å². The molecular weight excluding hydrogens is 617 g/mol. The molecule has 0 fully saturated rings. The molecule has 1 aromatic heterocycles. The van der Waals surface area contributed by atoms with Crippen LogP contribution < -0.4 is 11.1 Å². The van der Waals surface area contributed by atoms with Crippen LogP contribution in [0.4, 0.5) is 0 Å². The molecule has 1 amide bonds. The first kappa shape index (κ1) is 38.2. The second kappa shape index (κ2) is 19.5. The van der Waals surface area contributed by atoms with E-state index in [9.17, 15) is 19.2 Å². The van der Waals surface area contributed by atoms with Crippen molar-refractivity contribution in [3.05, 3.63) is 28.2 Å². The highest BCUT2D eigenvalue weighted by Crippen LogP contribution is 2.32. The van der Waals surface area contributed by atoms with Crippen LogP contribution in [0, 0.1) is 11.8 Å². The molecule has 0 unspecified atom stereocenters. The van der Waals surface area contributed by atoms with Gasteiger partial charge in [-0.25, -0.2) is 9.78 Å². The summed E-state index contributed by atoms with van der Waals surface area (Å²) in [5.74, 6) is -0.421. The summed E-state index contributed by atoms with van der Waals surface area (Å²) in [6.07, 6.45) is 9.64. The van der Waals surface area contributed by atoms with Crippen molar-refractivity contribution in [3.8, 4) is 0 Å². The molecule has 3 N–H and O–H groups in total. The zero-order valence-corrected chi connectivity index (χ0v) is 29.5. The number of esters is 1. The largest absolute Gasteiger partial charge is 0.456 e. The van der Waals surface area contributed by atoms with E-state index in [2.05, 4.69) is 22.2 Å². The number of carbonyl (C=O) groups excluding carboxylic acids is 4. The molecule has 3 atom stereocenters. The maximum absolute atomic E-state index is 13.4. The number of thioether (sulfide) groups is 2. The number of hydrogen-bond acceptors (Lipinski definition) is 11. The number of hydrogen-bond donors (Lipinski definition) is 2. The van der Waals surface area contributed by atoms with Crippen molar-refractivity contribution < 1.29 is 23.9 Å². The number of amides is 1. The number of carbonyl (C=O) groups is 4. The molecule has 0 bridgehead atoms. The Bertz CT molecular complexity index is 1170. The predicted octanol–water partition coefficient (Wildman–Crippen LogP) is 6.09. The van der Waals surface area contributed by atoms with Crippen LogP contribution >= 0.6 is 34.9 Å². The molecule has 0 aromatic carbocycles. The predicted molar refractivity (Wildman–Crippen MR) is 183 cm³/mol. The molecule has 2 heterocycles. The minimum Gasteiger partial charge on any atom is -0.456 e. The van der Waals surface area contributed by atoms with Gasteiger partial charge in [-0.05, 0) is 31.8 Å². The SMILES string of the molecule is CCCCCCCC(=O)SCC/C=C/[C@H](CC(=O)C(C)C)OC(=O)[C@@H](NC(=O)[C@]1(C)CSC(c2csc(CN)n2)=N1)C(C)C.